The van der Waals surface area contributed by atoms with Crippen LogP contribution in [0.2, 0.25) is 0 Å². The van der Waals surface area contributed by atoms with Gasteiger partial charge in [0.15, 0.2) is 6.10 Å². The molecule has 23 heavy (non-hydrogen) atoms. The first-order valence-electron chi connectivity index (χ1n) is 7.42. The Bertz CT molecular complexity index is 759. The van der Waals surface area contributed by atoms with Gasteiger partial charge in [-0.1, -0.05) is 40.2 Å². The van der Waals surface area contributed by atoms with E-state index in [-0.39, 0.29) is 5.91 Å². The fourth-order valence-electron chi connectivity index (χ4n) is 2.68. The van der Waals surface area contributed by atoms with Gasteiger partial charge in [0.25, 0.3) is 5.91 Å². The van der Waals surface area contributed by atoms with Crippen LogP contribution < -0.4 is 4.90 Å². The van der Waals surface area contributed by atoms with Crippen LogP contribution >= 0.6 is 15.9 Å². The quantitative estimate of drug-likeness (QED) is 0.772. The summed E-state index contributed by atoms with van der Waals surface area (Å²) < 4.78 is 6.12. The molecule has 0 bridgehead atoms. The molecule has 0 fully saturated rings. The van der Waals surface area contributed by atoms with Crippen LogP contribution in [0.1, 0.15) is 22.8 Å². The molecular weight excluding hydrogens is 358 g/mol. The van der Waals surface area contributed by atoms with E-state index < -0.39 is 12.1 Å². The molecule has 1 atom stereocenters. The fraction of sp³-hybridized carbons (Fsp3) is 0.222. The molecule has 5 heteroatoms. The van der Waals surface area contributed by atoms with E-state index in [1.165, 1.54) is 0 Å². The number of amides is 1. The predicted molar refractivity (Wildman–Crippen MR) is 91.5 cm³/mol. The van der Waals surface area contributed by atoms with Gasteiger partial charge < -0.3 is 9.64 Å². The van der Waals surface area contributed by atoms with Gasteiger partial charge in [0.1, 0.15) is 0 Å². The van der Waals surface area contributed by atoms with Crippen molar-refractivity contribution >= 4 is 33.5 Å². The number of halogens is 1. The van der Waals surface area contributed by atoms with E-state index in [0.29, 0.717) is 12.1 Å². The lowest BCUT2D eigenvalue weighted by Crippen LogP contribution is -2.39. The molecule has 0 radical (unpaired) electrons. The predicted octanol–water partition coefficient (Wildman–Crippen LogP) is 3.58. The third kappa shape index (κ3) is 3.29. The van der Waals surface area contributed by atoms with Gasteiger partial charge in [0, 0.05) is 16.7 Å². The summed E-state index contributed by atoms with van der Waals surface area (Å²) in [4.78, 5) is 26.4. The molecule has 0 aliphatic carbocycles. The number of rotatable bonds is 3. The lowest BCUT2D eigenvalue weighted by Gasteiger charge is -2.21. The molecule has 0 saturated carbocycles. The van der Waals surface area contributed by atoms with Gasteiger partial charge >= 0.3 is 5.97 Å². The molecule has 2 aromatic carbocycles. The number of esters is 1. The highest BCUT2D eigenvalue weighted by atomic mass is 79.9. The van der Waals surface area contributed by atoms with Crippen molar-refractivity contribution in [2.45, 2.75) is 19.4 Å². The molecule has 1 aliphatic heterocycles. The van der Waals surface area contributed by atoms with Crippen LogP contribution in [0.15, 0.2) is 53.0 Å². The van der Waals surface area contributed by atoms with Crippen LogP contribution in [-0.4, -0.2) is 24.5 Å². The van der Waals surface area contributed by atoms with Gasteiger partial charge in [-0.15, -0.1) is 0 Å². The maximum absolute atomic E-state index is 12.6. The first-order valence-corrected chi connectivity index (χ1v) is 8.21. The fourth-order valence-corrected chi connectivity index (χ4v) is 3.08. The van der Waals surface area contributed by atoms with Crippen molar-refractivity contribution in [3.05, 3.63) is 64.1 Å². The van der Waals surface area contributed by atoms with Gasteiger partial charge in [-0.3, -0.25) is 4.79 Å². The van der Waals surface area contributed by atoms with Crippen molar-refractivity contribution in [3.8, 4) is 0 Å². The number of hydrogen-bond acceptors (Lipinski definition) is 3. The zero-order valence-electron chi connectivity index (χ0n) is 12.7. The van der Waals surface area contributed by atoms with Crippen molar-refractivity contribution in [2.24, 2.45) is 0 Å². The zero-order valence-corrected chi connectivity index (χ0v) is 14.2. The Morgan fingerprint density at radius 2 is 1.96 bits per heavy atom. The third-order valence-corrected chi connectivity index (χ3v) is 4.34. The third-order valence-electron chi connectivity index (χ3n) is 3.85. The standard InChI is InChI=1S/C18H16BrNO3/c1-12(23-18(22)14-6-4-7-15(19)11-14)17(21)20-10-9-13-5-2-3-8-16(13)20/h2-8,11-12H,9-10H2,1H3/t12-/m0/s1. The highest BCUT2D eigenvalue weighted by Gasteiger charge is 2.29. The van der Waals surface area contributed by atoms with Gasteiger partial charge in [-0.2, -0.15) is 0 Å². The van der Waals surface area contributed by atoms with Gasteiger partial charge in [-0.05, 0) is 43.2 Å². The number of ether oxygens (including phenoxy) is 1. The van der Waals surface area contributed by atoms with Crippen LogP contribution in [0.4, 0.5) is 5.69 Å². The molecule has 4 nitrogen and oxygen atoms in total. The Hall–Kier alpha value is -2.14. The molecule has 0 saturated heterocycles. The lowest BCUT2D eigenvalue weighted by atomic mass is 10.2. The number of carbonyl (C=O) groups is 2. The molecule has 2 aromatic rings. The van der Waals surface area contributed by atoms with Crippen molar-refractivity contribution in [1.82, 2.24) is 0 Å². The van der Waals surface area contributed by atoms with Gasteiger partial charge in [0.05, 0.1) is 5.56 Å². The van der Waals surface area contributed by atoms with Crippen LogP contribution in [-0.2, 0) is 16.0 Å². The molecule has 0 unspecified atom stereocenters. The maximum atomic E-state index is 12.6. The summed E-state index contributed by atoms with van der Waals surface area (Å²) >= 11 is 3.31. The zero-order chi connectivity index (χ0) is 16.4. The average Bonchev–Trinajstić information content (AvgIpc) is 2.98. The monoisotopic (exact) mass is 373 g/mol. The number of anilines is 1. The number of carbonyl (C=O) groups excluding carboxylic acids is 2. The van der Waals surface area contributed by atoms with Gasteiger partial charge in [0.2, 0.25) is 0 Å². The first kappa shape index (κ1) is 15.7. The lowest BCUT2D eigenvalue weighted by molar-refractivity contribution is -0.126. The van der Waals surface area contributed by atoms with Crippen LogP contribution in [0.3, 0.4) is 0 Å². The summed E-state index contributed by atoms with van der Waals surface area (Å²) in [7, 11) is 0. The largest absolute Gasteiger partial charge is 0.449 e. The minimum Gasteiger partial charge on any atom is -0.449 e. The number of para-hydroxylation sites is 1. The molecule has 0 spiro atoms. The maximum Gasteiger partial charge on any atom is 0.338 e. The molecule has 1 aliphatic rings. The topological polar surface area (TPSA) is 46.6 Å². The number of hydrogen-bond donors (Lipinski definition) is 0. The van der Waals surface area contributed by atoms with Crippen molar-refractivity contribution in [1.29, 1.82) is 0 Å². The second-order valence-electron chi connectivity index (χ2n) is 5.43. The summed E-state index contributed by atoms with van der Waals surface area (Å²) in [6.45, 7) is 2.23. The summed E-state index contributed by atoms with van der Waals surface area (Å²) in [5.74, 6) is -0.696. The Labute approximate surface area is 143 Å². The first-order chi connectivity index (χ1) is 11.1. The van der Waals surface area contributed by atoms with Crippen molar-refractivity contribution in [2.75, 3.05) is 11.4 Å². The van der Waals surface area contributed by atoms with Crippen molar-refractivity contribution < 1.29 is 14.3 Å². The molecule has 3 rings (SSSR count). The number of benzene rings is 2. The Balaban J connectivity index is 1.70. The van der Waals surface area contributed by atoms with E-state index in [0.717, 1.165) is 22.1 Å². The summed E-state index contributed by atoms with van der Waals surface area (Å²) in [6.07, 6.45) is 0.00133. The van der Waals surface area contributed by atoms with E-state index in [9.17, 15) is 9.59 Å². The summed E-state index contributed by atoms with van der Waals surface area (Å²) in [5, 5.41) is 0. The number of fused-ring (bicyclic) bond motifs is 1. The molecular formula is C18H16BrNO3. The van der Waals surface area contributed by atoms with Crippen LogP contribution in [0.5, 0.6) is 0 Å². The van der Waals surface area contributed by atoms with Gasteiger partial charge in [-0.25, -0.2) is 4.79 Å². The van der Waals surface area contributed by atoms with E-state index >= 15 is 0 Å². The molecule has 0 aromatic heterocycles. The molecule has 1 amide bonds. The van der Waals surface area contributed by atoms with E-state index in [4.69, 9.17) is 4.74 Å². The van der Waals surface area contributed by atoms with Crippen molar-refractivity contribution in [3.63, 3.8) is 0 Å². The Morgan fingerprint density at radius 1 is 1.17 bits per heavy atom. The second kappa shape index (κ2) is 6.54. The highest BCUT2D eigenvalue weighted by molar-refractivity contribution is 9.10. The molecule has 0 N–H and O–H groups in total. The minimum absolute atomic E-state index is 0.196. The molecule has 1 heterocycles. The van der Waals surface area contributed by atoms with E-state index in [2.05, 4.69) is 15.9 Å². The summed E-state index contributed by atoms with van der Waals surface area (Å²) in [5.41, 5.74) is 2.47. The van der Waals surface area contributed by atoms with Crippen LogP contribution in [0.25, 0.3) is 0 Å². The smallest absolute Gasteiger partial charge is 0.338 e. The SMILES string of the molecule is C[C@H](OC(=O)c1cccc(Br)c1)C(=O)N1CCc2ccccc21. The second-order valence-corrected chi connectivity index (χ2v) is 6.34. The average molecular weight is 374 g/mol. The highest BCUT2D eigenvalue weighted by Crippen LogP contribution is 2.28. The Kier molecular flexibility index (Phi) is 4.48. The molecule has 118 valence electrons. The van der Waals surface area contributed by atoms with Crippen LogP contribution in [0, 0.1) is 0 Å². The minimum atomic E-state index is -0.826. The van der Waals surface area contributed by atoms with E-state index in [1.807, 2.05) is 30.3 Å². The summed E-state index contributed by atoms with van der Waals surface area (Å²) in [6, 6.07) is 14.7. The Morgan fingerprint density at radius 3 is 2.74 bits per heavy atom. The van der Waals surface area contributed by atoms with E-state index in [1.54, 1.807) is 30.0 Å². The number of nitrogens with zero attached hydrogens (tertiary/aromatic N) is 1. The normalized spacial score (nSPS) is 14.3.